The molecule has 0 radical (unpaired) electrons. The molecule has 0 fully saturated rings. The Balaban J connectivity index is 2.15. The molecule has 3 rings (SSSR count). The first kappa shape index (κ1) is 29.8. The summed E-state index contributed by atoms with van der Waals surface area (Å²) in [5.41, 5.74) is 1.07. The number of aryl methyl sites for hydroxylation is 2. The van der Waals surface area contributed by atoms with Crippen LogP contribution in [0.15, 0.2) is 27.9 Å². The Morgan fingerprint density at radius 3 is 2.42 bits per heavy atom. The highest BCUT2D eigenvalue weighted by atomic mass is 32.2. The van der Waals surface area contributed by atoms with Gasteiger partial charge < -0.3 is 19.7 Å². The first-order valence-corrected chi connectivity index (χ1v) is 14.8. The highest BCUT2D eigenvalue weighted by Gasteiger charge is 2.27. The van der Waals surface area contributed by atoms with Crippen molar-refractivity contribution in [2.24, 2.45) is 0 Å². The van der Waals surface area contributed by atoms with Gasteiger partial charge in [0.05, 0.1) is 29.4 Å². The molecule has 1 aromatic carbocycles. The van der Waals surface area contributed by atoms with Gasteiger partial charge in [0, 0.05) is 26.1 Å². The summed E-state index contributed by atoms with van der Waals surface area (Å²) in [6, 6.07) is 4.54. The first-order valence-electron chi connectivity index (χ1n) is 13.4. The summed E-state index contributed by atoms with van der Waals surface area (Å²) in [5.74, 6) is 1.27. The number of sulfonamides is 1. The van der Waals surface area contributed by atoms with Gasteiger partial charge in [-0.25, -0.2) is 17.9 Å². The van der Waals surface area contributed by atoms with E-state index in [1.54, 1.807) is 10.6 Å². The van der Waals surface area contributed by atoms with Crippen LogP contribution in [0.4, 0.5) is 0 Å². The molecule has 2 heterocycles. The van der Waals surface area contributed by atoms with Gasteiger partial charge in [-0.1, -0.05) is 27.7 Å². The minimum atomic E-state index is -3.95. The number of benzene rings is 1. The van der Waals surface area contributed by atoms with E-state index in [1.807, 2.05) is 34.6 Å². The molecule has 0 aliphatic rings. The SMILES string of the molecule is CCCc1nc(CC)c2c(=O)[nH]c(-c3cc(S(=O)(=O)N(CCO)CCN(CC)CC)ccc3OCC)nn12. The number of H-pyrrole nitrogens is 1. The summed E-state index contributed by atoms with van der Waals surface area (Å²) in [6.45, 7) is 12.2. The van der Waals surface area contributed by atoms with Crippen LogP contribution >= 0.6 is 0 Å². The third-order valence-electron chi connectivity index (χ3n) is 6.50. The molecule has 12 heteroatoms. The predicted octanol–water partition coefficient (Wildman–Crippen LogP) is 2.32. The molecule has 0 aliphatic heterocycles. The van der Waals surface area contributed by atoms with Gasteiger partial charge in [0.15, 0.2) is 11.3 Å². The summed E-state index contributed by atoms with van der Waals surface area (Å²) in [4.78, 5) is 22.8. The van der Waals surface area contributed by atoms with Gasteiger partial charge in [-0.05, 0) is 51.1 Å². The second kappa shape index (κ2) is 13.3. The number of rotatable bonds is 15. The molecule has 0 bridgehead atoms. The predicted molar refractivity (Wildman–Crippen MR) is 147 cm³/mol. The van der Waals surface area contributed by atoms with Gasteiger partial charge >= 0.3 is 0 Å². The molecule has 0 saturated carbocycles. The number of ether oxygens (including phenoxy) is 1. The summed E-state index contributed by atoms with van der Waals surface area (Å²) >= 11 is 0. The topological polar surface area (TPSA) is 133 Å². The Morgan fingerprint density at radius 2 is 1.82 bits per heavy atom. The smallest absolute Gasteiger partial charge is 0.277 e. The lowest BCUT2D eigenvalue weighted by atomic mass is 10.2. The number of nitrogens with one attached hydrogen (secondary N) is 1. The van der Waals surface area contributed by atoms with Crippen molar-refractivity contribution in [2.45, 2.75) is 58.8 Å². The fraction of sp³-hybridized carbons (Fsp3) is 0.577. The minimum Gasteiger partial charge on any atom is -0.493 e. The van der Waals surface area contributed by atoms with Crippen LogP contribution in [0.2, 0.25) is 0 Å². The van der Waals surface area contributed by atoms with Crippen LogP contribution in [0.25, 0.3) is 16.9 Å². The second-order valence-electron chi connectivity index (χ2n) is 8.89. The van der Waals surface area contributed by atoms with Gasteiger partial charge in [-0.3, -0.25) is 4.79 Å². The molecule has 0 saturated heterocycles. The maximum Gasteiger partial charge on any atom is 0.277 e. The lowest BCUT2D eigenvalue weighted by Gasteiger charge is -2.25. The number of fused-ring (bicyclic) bond motifs is 1. The van der Waals surface area contributed by atoms with E-state index in [9.17, 15) is 18.3 Å². The Bertz CT molecular complexity index is 1380. The molecular formula is C26H40N6O5S. The molecule has 38 heavy (non-hydrogen) atoms. The molecule has 11 nitrogen and oxygen atoms in total. The lowest BCUT2D eigenvalue weighted by Crippen LogP contribution is -2.40. The molecule has 2 aromatic heterocycles. The normalized spacial score (nSPS) is 12.2. The van der Waals surface area contributed by atoms with Gasteiger partial charge in [-0.2, -0.15) is 4.31 Å². The number of nitrogens with zero attached hydrogens (tertiary/aromatic N) is 5. The number of aromatic amines is 1. The van der Waals surface area contributed by atoms with Crippen molar-refractivity contribution in [1.82, 2.24) is 28.8 Å². The first-order chi connectivity index (χ1) is 18.2. The van der Waals surface area contributed by atoms with E-state index in [4.69, 9.17) is 4.74 Å². The van der Waals surface area contributed by atoms with Crippen molar-refractivity contribution in [3.8, 4) is 17.1 Å². The second-order valence-corrected chi connectivity index (χ2v) is 10.8. The van der Waals surface area contributed by atoms with Crippen molar-refractivity contribution in [2.75, 3.05) is 45.9 Å². The van der Waals surface area contributed by atoms with Crippen LogP contribution < -0.4 is 10.3 Å². The number of likely N-dealkylation sites (N-methyl/N-ethyl adjacent to an activating group) is 1. The summed E-state index contributed by atoms with van der Waals surface area (Å²) in [6.07, 6.45) is 2.06. The molecule has 3 aromatic rings. The Labute approximate surface area is 224 Å². The monoisotopic (exact) mass is 548 g/mol. The zero-order valence-corrected chi connectivity index (χ0v) is 23.8. The van der Waals surface area contributed by atoms with Crippen LogP contribution in [0.3, 0.4) is 0 Å². The quantitative estimate of drug-likeness (QED) is 0.296. The lowest BCUT2D eigenvalue weighted by molar-refractivity contribution is 0.229. The van der Waals surface area contributed by atoms with E-state index in [0.717, 1.165) is 19.5 Å². The largest absolute Gasteiger partial charge is 0.493 e. The molecular weight excluding hydrogens is 508 g/mol. The molecule has 2 N–H and O–H groups in total. The molecule has 0 spiro atoms. The van der Waals surface area contributed by atoms with Crippen molar-refractivity contribution in [3.05, 3.63) is 40.1 Å². The fourth-order valence-corrected chi connectivity index (χ4v) is 5.88. The van der Waals surface area contributed by atoms with E-state index in [-0.39, 0.29) is 36.0 Å². The maximum absolute atomic E-state index is 13.7. The fourth-order valence-electron chi connectivity index (χ4n) is 4.43. The van der Waals surface area contributed by atoms with E-state index < -0.39 is 10.0 Å². The number of aliphatic hydroxyl groups is 1. The average molecular weight is 549 g/mol. The zero-order valence-electron chi connectivity index (χ0n) is 23.0. The highest BCUT2D eigenvalue weighted by Crippen LogP contribution is 2.31. The Morgan fingerprint density at radius 1 is 1.08 bits per heavy atom. The van der Waals surface area contributed by atoms with E-state index in [1.165, 1.54) is 16.4 Å². The number of hydrogen-bond acceptors (Lipinski definition) is 8. The van der Waals surface area contributed by atoms with Crippen LogP contribution in [0, 0.1) is 0 Å². The average Bonchev–Trinajstić information content (AvgIpc) is 3.27. The van der Waals surface area contributed by atoms with Crippen molar-refractivity contribution in [3.63, 3.8) is 0 Å². The number of aromatic nitrogens is 4. The Hall–Kier alpha value is -2.80. The Kier molecular flexibility index (Phi) is 10.4. The number of imidazole rings is 1. The van der Waals surface area contributed by atoms with Gasteiger partial charge in [-0.15, -0.1) is 5.10 Å². The van der Waals surface area contributed by atoms with Crippen LogP contribution in [-0.4, -0.2) is 88.2 Å². The third kappa shape index (κ3) is 6.25. The van der Waals surface area contributed by atoms with Crippen molar-refractivity contribution >= 4 is 15.5 Å². The molecule has 0 amide bonds. The molecule has 210 valence electrons. The highest BCUT2D eigenvalue weighted by molar-refractivity contribution is 7.89. The molecule has 0 unspecified atom stereocenters. The summed E-state index contributed by atoms with van der Waals surface area (Å²) < 4.78 is 36.0. The van der Waals surface area contributed by atoms with Crippen LogP contribution in [0.1, 0.15) is 52.6 Å². The van der Waals surface area contributed by atoms with Crippen molar-refractivity contribution in [1.29, 1.82) is 0 Å². The van der Waals surface area contributed by atoms with Crippen LogP contribution in [-0.2, 0) is 22.9 Å². The van der Waals surface area contributed by atoms with E-state index in [0.29, 0.717) is 54.3 Å². The third-order valence-corrected chi connectivity index (χ3v) is 8.40. The van der Waals surface area contributed by atoms with E-state index in [2.05, 4.69) is 20.0 Å². The zero-order chi connectivity index (χ0) is 27.9. The minimum absolute atomic E-state index is 0.0254. The van der Waals surface area contributed by atoms with Gasteiger partial charge in [0.25, 0.3) is 5.56 Å². The number of aliphatic hydroxyl groups excluding tert-OH is 1. The number of hydrogen-bond donors (Lipinski definition) is 2. The van der Waals surface area contributed by atoms with Gasteiger partial charge in [0.2, 0.25) is 10.0 Å². The van der Waals surface area contributed by atoms with E-state index >= 15 is 0 Å². The molecule has 0 aliphatic carbocycles. The summed E-state index contributed by atoms with van der Waals surface area (Å²) in [5, 5.41) is 14.3. The molecule has 0 atom stereocenters. The standard InChI is InChI=1S/C26H40N6O5S/c1-6-11-23-27-21(7-2)24-26(34)28-25(29-32(23)24)20-18-19(12-13-22(20)37-10-5)38(35,36)31(16-17-33)15-14-30(8-3)9-4/h12-13,18,33H,6-11,14-17H2,1-5H3,(H,28,29,34). The maximum atomic E-state index is 13.7. The summed E-state index contributed by atoms with van der Waals surface area (Å²) in [7, 11) is -3.95. The van der Waals surface area contributed by atoms with Gasteiger partial charge in [0.1, 0.15) is 11.6 Å². The van der Waals surface area contributed by atoms with Crippen molar-refractivity contribution < 1.29 is 18.3 Å². The van der Waals surface area contributed by atoms with Crippen LogP contribution in [0.5, 0.6) is 5.75 Å².